The molecule has 0 bridgehead atoms. The molecule has 0 atom stereocenters. The molecule has 0 aromatic carbocycles. The minimum atomic E-state index is -0.325. The van der Waals surface area contributed by atoms with Gasteiger partial charge < -0.3 is 10.3 Å². The second-order valence-electron chi connectivity index (χ2n) is 5.49. The van der Waals surface area contributed by atoms with E-state index in [1.54, 1.807) is 4.57 Å². The SMILES string of the molecule is CCC(CC)c1nc2c(c(=O)n(C)c(=O)n2CC)n1CCN. The first-order valence-electron chi connectivity index (χ1n) is 7.91. The van der Waals surface area contributed by atoms with E-state index in [2.05, 4.69) is 18.8 Å². The van der Waals surface area contributed by atoms with E-state index in [0.717, 1.165) is 23.2 Å². The number of nitrogens with two attached hydrogens (primary N) is 1. The maximum Gasteiger partial charge on any atom is 0.332 e. The molecule has 2 N–H and O–H groups in total. The molecule has 22 heavy (non-hydrogen) atoms. The number of aryl methyl sites for hydroxylation is 1. The lowest BCUT2D eigenvalue weighted by Crippen LogP contribution is -2.38. The molecule has 0 aliphatic rings. The van der Waals surface area contributed by atoms with Crippen LogP contribution in [0.1, 0.15) is 45.4 Å². The average molecular weight is 307 g/mol. The number of fused-ring (bicyclic) bond motifs is 1. The van der Waals surface area contributed by atoms with Crippen molar-refractivity contribution in [1.82, 2.24) is 18.7 Å². The third-order valence-electron chi connectivity index (χ3n) is 4.28. The van der Waals surface area contributed by atoms with Gasteiger partial charge in [0, 0.05) is 32.6 Å². The average Bonchev–Trinajstić information content (AvgIpc) is 2.87. The largest absolute Gasteiger partial charge is 0.332 e. The van der Waals surface area contributed by atoms with Crippen LogP contribution in [-0.4, -0.2) is 25.2 Å². The van der Waals surface area contributed by atoms with Crippen molar-refractivity contribution in [2.45, 2.75) is 52.6 Å². The maximum absolute atomic E-state index is 12.6. The minimum absolute atomic E-state index is 0.254. The van der Waals surface area contributed by atoms with Gasteiger partial charge in [0.25, 0.3) is 5.56 Å². The summed E-state index contributed by atoms with van der Waals surface area (Å²) in [5, 5.41) is 0. The number of imidazole rings is 1. The molecule has 0 saturated carbocycles. The van der Waals surface area contributed by atoms with E-state index >= 15 is 0 Å². The van der Waals surface area contributed by atoms with E-state index in [1.165, 1.54) is 7.05 Å². The van der Waals surface area contributed by atoms with E-state index in [-0.39, 0.29) is 17.2 Å². The van der Waals surface area contributed by atoms with Gasteiger partial charge in [-0.15, -0.1) is 0 Å². The van der Waals surface area contributed by atoms with Crippen LogP contribution in [0.4, 0.5) is 0 Å². The van der Waals surface area contributed by atoms with Crippen LogP contribution in [0.15, 0.2) is 9.59 Å². The molecule has 2 aromatic heterocycles. The summed E-state index contributed by atoms with van der Waals surface area (Å²) in [5.74, 6) is 1.11. The highest BCUT2D eigenvalue weighted by molar-refractivity contribution is 5.71. The summed E-state index contributed by atoms with van der Waals surface area (Å²) in [6.07, 6.45) is 1.86. The molecule has 0 spiro atoms. The summed E-state index contributed by atoms with van der Waals surface area (Å²) in [5.41, 5.74) is 6.06. The third kappa shape index (κ3) is 2.39. The van der Waals surface area contributed by atoms with Crippen LogP contribution in [0.3, 0.4) is 0 Å². The van der Waals surface area contributed by atoms with Gasteiger partial charge in [0.15, 0.2) is 11.2 Å². The van der Waals surface area contributed by atoms with Crippen molar-refractivity contribution in [2.24, 2.45) is 12.8 Å². The lowest BCUT2D eigenvalue weighted by molar-refractivity contribution is 0.555. The number of aromatic nitrogens is 4. The van der Waals surface area contributed by atoms with Crippen molar-refractivity contribution < 1.29 is 0 Å². The fourth-order valence-electron chi connectivity index (χ4n) is 2.98. The molecular weight excluding hydrogens is 282 g/mol. The quantitative estimate of drug-likeness (QED) is 0.854. The summed E-state index contributed by atoms with van der Waals surface area (Å²) in [6, 6.07) is 0. The molecule has 2 rings (SSSR count). The third-order valence-corrected chi connectivity index (χ3v) is 4.28. The Morgan fingerprint density at radius 2 is 1.77 bits per heavy atom. The van der Waals surface area contributed by atoms with Crippen LogP contribution in [0.5, 0.6) is 0 Å². The van der Waals surface area contributed by atoms with Crippen LogP contribution in [0.2, 0.25) is 0 Å². The number of hydrogen-bond donors (Lipinski definition) is 1. The molecule has 0 aliphatic carbocycles. The highest BCUT2D eigenvalue weighted by atomic mass is 16.2. The highest BCUT2D eigenvalue weighted by Crippen LogP contribution is 2.24. The van der Waals surface area contributed by atoms with E-state index in [9.17, 15) is 9.59 Å². The Morgan fingerprint density at radius 3 is 2.27 bits per heavy atom. The lowest BCUT2D eigenvalue weighted by Gasteiger charge is -2.14. The zero-order valence-corrected chi connectivity index (χ0v) is 13.8. The number of rotatable bonds is 6. The van der Waals surface area contributed by atoms with Gasteiger partial charge in [-0.05, 0) is 19.8 Å². The zero-order chi connectivity index (χ0) is 16.4. The second-order valence-corrected chi connectivity index (χ2v) is 5.49. The summed E-state index contributed by atoms with van der Waals surface area (Å²) >= 11 is 0. The van der Waals surface area contributed by atoms with E-state index in [4.69, 9.17) is 5.73 Å². The first-order chi connectivity index (χ1) is 10.5. The van der Waals surface area contributed by atoms with Gasteiger partial charge in [-0.1, -0.05) is 13.8 Å². The molecule has 0 fully saturated rings. The van der Waals surface area contributed by atoms with Crippen molar-refractivity contribution in [1.29, 1.82) is 0 Å². The Balaban J connectivity index is 2.95. The van der Waals surface area contributed by atoms with Gasteiger partial charge in [0.2, 0.25) is 0 Å². The van der Waals surface area contributed by atoms with Crippen molar-refractivity contribution in [3.63, 3.8) is 0 Å². The predicted octanol–water partition coefficient (Wildman–Crippen LogP) is 0.779. The van der Waals surface area contributed by atoms with Crippen molar-refractivity contribution in [2.75, 3.05) is 6.54 Å². The van der Waals surface area contributed by atoms with E-state index in [1.807, 2.05) is 11.5 Å². The van der Waals surface area contributed by atoms with Crippen LogP contribution in [-0.2, 0) is 20.1 Å². The molecule has 2 aromatic rings. The fraction of sp³-hybridized carbons (Fsp3) is 0.667. The number of nitrogens with zero attached hydrogens (tertiary/aromatic N) is 4. The van der Waals surface area contributed by atoms with Crippen molar-refractivity contribution in [3.8, 4) is 0 Å². The fourth-order valence-corrected chi connectivity index (χ4v) is 2.98. The summed E-state index contributed by atoms with van der Waals surface area (Å²) < 4.78 is 4.60. The van der Waals surface area contributed by atoms with Crippen LogP contribution < -0.4 is 17.0 Å². The van der Waals surface area contributed by atoms with Gasteiger partial charge in [-0.2, -0.15) is 0 Å². The molecule has 7 heteroatoms. The summed E-state index contributed by atoms with van der Waals surface area (Å²) in [7, 11) is 1.51. The zero-order valence-electron chi connectivity index (χ0n) is 13.8. The molecule has 0 saturated heterocycles. The normalized spacial score (nSPS) is 11.7. The monoisotopic (exact) mass is 307 g/mol. The molecule has 0 amide bonds. The minimum Gasteiger partial charge on any atom is -0.329 e. The molecular formula is C15H25N5O2. The van der Waals surface area contributed by atoms with E-state index < -0.39 is 0 Å². The Hall–Kier alpha value is -1.89. The van der Waals surface area contributed by atoms with Crippen LogP contribution in [0.25, 0.3) is 11.2 Å². The van der Waals surface area contributed by atoms with Gasteiger partial charge in [-0.3, -0.25) is 13.9 Å². The van der Waals surface area contributed by atoms with Gasteiger partial charge in [0.1, 0.15) is 5.82 Å². The van der Waals surface area contributed by atoms with Crippen LogP contribution in [0, 0.1) is 0 Å². The summed E-state index contributed by atoms with van der Waals surface area (Å²) in [6.45, 7) is 7.51. The molecule has 122 valence electrons. The Labute approximate surface area is 129 Å². The Bertz CT molecular complexity index is 780. The van der Waals surface area contributed by atoms with Crippen LogP contribution >= 0.6 is 0 Å². The maximum atomic E-state index is 12.6. The number of hydrogen-bond acceptors (Lipinski definition) is 4. The van der Waals surface area contributed by atoms with E-state index in [0.29, 0.717) is 30.8 Å². The van der Waals surface area contributed by atoms with Crippen molar-refractivity contribution in [3.05, 3.63) is 26.7 Å². The molecule has 7 nitrogen and oxygen atoms in total. The molecule has 0 aliphatic heterocycles. The lowest BCUT2D eigenvalue weighted by atomic mass is 10.0. The smallest absolute Gasteiger partial charge is 0.329 e. The second kappa shape index (κ2) is 6.48. The summed E-state index contributed by atoms with van der Waals surface area (Å²) in [4.78, 5) is 29.5. The van der Waals surface area contributed by atoms with Gasteiger partial charge in [-0.25, -0.2) is 9.78 Å². The molecule has 2 heterocycles. The first kappa shape index (κ1) is 16.5. The van der Waals surface area contributed by atoms with Gasteiger partial charge >= 0.3 is 5.69 Å². The Morgan fingerprint density at radius 1 is 1.14 bits per heavy atom. The highest BCUT2D eigenvalue weighted by Gasteiger charge is 2.22. The Kier molecular flexibility index (Phi) is 4.85. The topological polar surface area (TPSA) is 87.8 Å². The molecule has 0 radical (unpaired) electrons. The van der Waals surface area contributed by atoms with Gasteiger partial charge in [0.05, 0.1) is 0 Å². The standard InChI is InChI=1S/C15H25N5O2/c1-5-10(6-2)12-17-13-11(20(12)9-8-16)14(21)18(4)15(22)19(13)7-3/h10H,5-9,16H2,1-4H3. The first-order valence-corrected chi connectivity index (χ1v) is 7.91. The predicted molar refractivity (Wildman–Crippen MR) is 87.3 cm³/mol. The van der Waals surface area contributed by atoms with Crippen molar-refractivity contribution >= 4 is 11.2 Å². The molecule has 0 unspecified atom stereocenters.